The first-order valence-corrected chi connectivity index (χ1v) is 9.08. The summed E-state index contributed by atoms with van der Waals surface area (Å²) < 4.78 is 0. The van der Waals surface area contributed by atoms with Crippen LogP contribution in [0.25, 0.3) is 12.2 Å². The van der Waals surface area contributed by atoms with Crippen molar-refractivity contribution >= 4 is 21.7 Å². The van der Waals surface area contributed by atoms with Gasteiger partial charge in [-0.1, -0.05) is 84.9 Å². The zero-order valence-electron chi connectivity index (χ0n) is 12.5. The summed E-state index contributed by atoms with van der Waals surface area (Å²) in [5.74, 6) is 1.28. The van der Waals surface area contributed by atoms with Crippen LogP contribution in [0.5, 0.6) is 0 Å². The molecule has 0 nitrogen and oxygen atoms in total. The fourth-order valence-electron chi connectivity index (χ4n) is 3.40. The number of fused-ring (bicyclic) bond motifs is 2. The molecule has 0 bridgehead atoms. The van der Waals surface area contributed by atoms with Gasteiger partial charge in [-0.15, -0.1) is 0 Å². The van der Waals surface area contributed by atoms with E-state index >= 15 is 0 Å². The van der Waals surface area contributed by atoms with Crippen molar-refractivity contribution in [3.63, 3.8) is 0 Å². The summed E-state index contributed by atoms with van der Waals surface area (Å²) in [6.07, 6.45) is 9.34. The van der Waals surface area contributed by atoms with Crippen LogP contribution in [0.2, 0.25) is 12.1 Å². The first kappa shape index (κ1) is 15.9. The van der Waals surface area contributed by atoms with E-state index < -0.39 is 0 Å². The largest absolute Gasteiger partial charge is 0.0767 e. The van der Waals surface area contributed by atoms with Gasteiger partial charge in [0.2, 0.25) is 0 Å². The second kappa shape index (κ2) is 7.06. The monoisotopic (exact) mass is 376 g/mol. The van der Waals surface area contributed by atoms with Crippen molar-refractivity contribution in [2.75, 3.05) is 0 Å². The van der Waals surface area contributed by atoms with Crippen molar-refractivity contribution in [1.29, 1.82) is 0 Å². The van der Waals surface area contributed by atoms with E-state index in [-0.39, 0.29) is 26.2 Å². The van der Waals surface area contributed by atoms with Crippen LogP contribution in [0.15, 0.2) is 60.7 Å². The van der Waals surface area contributed by atoms with Gasteiger partial charge in [0, 0.05) is 35.7 Å². The van der Waals surface area contributed by atoms with E-state index in [9.17, 15) is 0 Å². The molecule has 0 fully saturated rings. The fraction of sp³-hybridized carbons (Fsp3) is 0.200. The Morgan fingerprint density at radius 1 is 0.682 bits per heavy atom. The summed E-state index contributed by atoms with van der Waals surface area (Å²) in [7, 11) is 1.02. The van der Waals surface area contributed by atoms with Crippen molar-refractivity contribution in [3.05, 3.63) is 82.9 Å². The Balaban J connectivity index is 0.00000144. The van der Waals surface area contributed by atoms with Gasteiger partial charge >= 0.3 is 0 Å². The van der Waals surface area contributed by atoms with Gasteiger partial charge in [0.25, 0.3) is 0 Å². The molecule has 2 unspecified atom stereocenters. The molecule has 2 aliphatic carbocycles. The van der Waals surface area contributed by atoms with E-state index in [0.717, 1.165) is 9.52 Å². The zero-order chi connectivity index (χ0) is 14.1. The van der Waals surface area contributed by atoms with Crippen LogP contribution in [-0.2, 0) is 26.2 Å². The molecular weight excluding hydrogens is 360 g/mol. The summed E-state index contributed by atoms with van der Waals surface area (Å²) in [6.45, 7) is 0. The number of benzene rings is 2. The molecule has 0 heterocycles. The minimum atomic E-state index is 0. The second-order valence-electron chi connectivity index (χ2n) is 5.85. The van der Waals surface area contributed by atoms with E-state index in [2.05, 4.69) is 72.8 Å². The van der Waals surface area contributed by atoms with Gasteiger partial charge in [0.15, 0.2) is 0 Å². The Labute approximate surface area is 154 Å². The third kappa shape index (κ3) is 3.05. The van der Waals surface area contributed by atoms with E-state index in [1.807, 2.05) is 0 Å². The number of hydrogen-bond donors (Lipinski definition) is 0. The molecule has 0 N–H and O–H groups in total. The second-order valence-corrected chi connectivity index (χ2v) is 7.16. The van der Waals surface area contributed by atoms with Gasteiger partial charge in [0.1, 0.15) is 0 Å². The van der Waals surface area contributed by atoms with Crippen molar-refractivity contribution in [1.82, 2.24) is 0 Å². The molecule has 22 heavy (non-hydrogen) atoms. The maximum atomic E-state index is 2.39. The van der Waals surface area contributed by atoms with Gasteiger partial charge in [-0.25, -0.2) is 0 Å². The van der Waals surface area contributed by atoms with E-state index in [1.54, 1.807) is 0 Å². The van der Waals surface area contributed by atoms with E-state index in [1.165, 1.54) is 34.3 Å². The standard InChI is InChI=1S/C20H18Si.Zr/c1-3-7-19-15(5-1)9-11-17(19)13-21-14-18-12-10-16-6-2-4-8-20(16)18;/h1-12,17-18H,13-14H2;. The summed E-state index contributed by atoms with van der Waals surface area (Å²) in [6, 6.07) is 20.2. The smallest absolute Gasteiger partial charge is 0.0397 e. The molecule has 0 aromatic heterocycles. The van der Waals surface area contributed by atoms with Gasteiger partial charge in [-0.2, -0.15) is 0 Å². The number of allylic oxidation sites excluding steroid dienone is 2. The SMILES string of the molecule is C1=CC(C[Si]CC2C=Cc3ccccc32)c2ccccc21.[Zr]. The normalized spacial score (nSPS) is 20.5. The Bertz CT molecular complexity index is 656. The average Bonchev–Trinajstić information content (AvgIpc) is 3.13. The van der Waals surface area contributed by atoms with Crippen LogP contribution in [0.3, 0.4) is 0 Å². The summed E-state index contributed by atoms with van der Waals surface area (Å²) in [5, 5.41) is 0. The predicted molar refractivity (Wildman–Crippen MR) is 91.8 cm³/mol. The van der Waals surface area contributed by atoms with E-state index in [4.69, 9.17) is 0 Å². The average molecular weight is 378 g/mol. The molecule has 0 amide bonds. The molecule has 2 atom stereocenters. The summed E-state index contributed by atoms with van der Waals surface area (Å²) in [5.41, 5.74) is 5.87. The Kier molecular flexibility index (Phi) is 5.10. The molecule has 106 valence electrons. The molecule has 4 rings (SSSR count). The van der Waals surface area contributed by atoms with Crippen molar-refractivity contribution in [2.45, 2.75) is 23.9 Å². The first-order valence-electron chi connectivity index (χ1n) is 7.67. The van der Waals surface area contributed by atoms with Crippen LogP contribution < -0.4 is 0 Å². The molecule has 0 spiro atoms. The predicted octanol–water partition coefficient (Wildman–Crippen LogP) is 5.15. The maximum Gasteiger partial charge on any atom is 0.0397 e. The molecule has 2 aromatic rings. The van der Waals surface area contributed by atoms with Crippen LogP contribution in [0.4, 0.5) is 0 Å². The van der Waals surface area contributed by atoms with E-state index in [0.29, 0.717) is 11.8 Å². The van der Waals surface area contributed by atoms with Crippen molar-refractivity contribution in [2.24, 2.45) is 0 Å². The summed E-state index contributed by atoms with van der Waals surface area (Å²) in [4.78, 5) is 0. The zero-order valence-corrected chi connectivity index (χ0v) is 16.0. The summed E-state index contributed by atoms with van der Waals surface area (Å²) >= 11 is 0. The van der Waals surface area contributed by atoms with Gasteiger partial charge in [0.05, 0.1) is 0 Å². The van der Waals surface area contributed by atoms with Gasteiger partial charge in [-0.3, -0.25) is 0 Å². The van der Waals surface area contributed by atoms with Gasteiger partial charge < -0.3 is 0 Å². The topological polar surface area (TPSA) is 0 Å². The minimum absolute atomic E-state index is 0. The van der Waals surface area contributed by atoms with Gasteiger partial charge in [-0.05, 0) is 34.1 Å². The van der Waals surface area contributed by atoms with Crippen LogP contribution >= 0.6 is 0 Å². The maximum absolute atomic E-state index is 2.39. The molecule has 2 aliphatic rings. The molecule has 0 saturated heterocycles. The Morgan fingerprint density at radius 3 is 1.64 bits per heavy atom. The number of hydrogen-bond acceptors (Lipinski definition) is 0. The molecular formula is C20H18SiZr. The molecule has 2 aromatic carbocycles. The van der Waals surface area contributed by atoms with Crippen molar-refractivity contribution in [3.8, 4) is 0 Å². The third-order valence-electron chi connectivity index (χ3n) is 4.54. The molecule has 2 radical (unpaired) electrons. The molecule has 0 aliphatic heterocycles. The Morgan fingerprint density at radius 2 is 1.14 bits per heavy atom. The van der Waals surface area contributed by atoms with Crippen LogP contribution in [-0.4, -0.2) is 9.52 Å². The third-order valence-corrected chi connectivity index (χ3v) is 5.99. The fourth-order valence-corrected chi connectivity index (χ4v) is 4.90. The molecule has 2 heteroatoms. The van der Waals surface area contributed by atoms with Crippen LogP contribution in [0, 0.1) is 0 Å². The molecule has 0 saturated carbocycles. The number of rotatable bonds is 4. The quantitative estimate of drug-likeness (QED) is 0.647. The minimum Gasteiger partial charge on any atom is -0.0767 e. The first-order chi connectivity index (χ1) is 10.4. The van der Waals surface area contributed by atoms with Crippen molar-refractivity contribution < 1.29 is 26.2 Å². The van der Waals surface area contributed by atoms with Crippen LogP contribution in [0.1, 0.15) is 34.1 Å². The Hall–Kier alpha value is -0.980.